The number of nitriles is 1. The summed E-state index contributed by atoms with van der Waals surface area (Å²) in [5, 5.41) is 14.9. The van der Waals surface area contributed by atoms with E-state index in [1.54, 1.807) is 12.1 Å². The van der Waals surface area contributed by atoms with Gasteiger partial charge in [0, 0.05) is 22.0 Å². The van der Waals surface area contributed by atoms with Crippen molar-refractivity contribution in [2.24, 2.45) is 0 Å². The van der Waals surface area contributed by atoms with Crippen LogP contribution in [0, 0.1) is 25.2 Å². The minimum Gasteiger partial charge on any atom is -0.360 e. The van der Waals surface area contributed by atoms with Gasteiger partial charge in [-0.05, 0) is 61.4 Å². The van der Waals surface area contributed by atoms with Crippen LogP contribution in [-0.4, -0.2) is 5.91 Å². The molecule has 0 atom stereocenters. The number of carbonyl (C=O) groups is 1. The normalized spacial score (nSPS) is 10.8. The van der Waals surface area contributed by atoms with Crippen molar-refractivity contribution in [1.82, 2.24) is 0 Å². The largest absolute Gasteiger partial charge is 0.360 e. The van der Waals surface area contributed by atoms with Crippen molar-refractivity contribution in [2.75, 3.05) is 10.6 Å². The molecule has 23 heavy (non-hydrogen) atoms. The van der Waals surface area contributed by atoms with Gasteiger partial charge in [-0.3, -0.25) is 4.79 Å². The van der Waals surface area contributed by atoms with Crippen LogP contribution in [0.15, 0.2) is 58.7 Å². The molecule has 2 N–H and O–H groups in total. The monoisotopic (exact) mass is 369 g/mol. The molecule has 0 aromatic heterocycles. The lowest BCUT2D eigenvalue weighted by Gasteiger charge is -2.07. The number of hydrogen-bond donors (Lipinski definition) is 2. The van der Waals surface area contributed by atoms with Gasteiger partial charge in [0.2, 0.25) is 0 Å². The second-order valence-electron chi connectivity index (χ2n) is 5.15. The van der Waals surface area contributed by atoms with Gasteiger partial charge in [0.15, 0.2) is 0 Å². The first kappa shape index (κ1) is 16.8. The molecule has 0 aliphatic carbocycles. The zero-order chi connectivity index (χ0) is 16.8. The van der Waals surface area contributed by atoms with Crippen molar-refractivity contribution in [3.05, 3.63) is 69.8 Å². The Morgan fingerprint density at radius 3 is 2.26 bits per heavy atom. The second-order valence-corrected chi connectivity index (χ2v) is 6.07. The first-order chi connectivity index (χ1) is 11.0. The third-order valence-corrected chi connectivity index (χ3v) is 3.60. The van der Waals surface area contributed by atoms with Crippen molar-refractivity contribution >= 4 is 33.2 Å². The van der Waals surface area contributed by atoms with E-state index in [0.29, 0.717) is 5.69 Å². The Balaban J connectivity index is 2.10. The molecule has 0 aliphatic heterocycles. The Labute approximate surface area is 144 Å². The summed E-state index contributed by atoms with van der Waals surface area (Å²) in [6.45, 7) is 3.99. The molecule has 0 heterocycles. The molecule has 2 aromatic carbocycles. The van der Waals surface area contributed by atoms with Crippen molar-refractivity contribution in [2.45, 2.75) is 13.8 Å². The Morgan fingerprint density at radius 2 is 1.70 bits per heavy atom. The number of amides is 1. The number of hydrogen-bond acceptors (Lipinski definition) is 3. The van der Waals surface area contributed by atoms with Gasteiger partial charge in [0.1, 0.15) is 11.6 Å². The smallest absolute Gasteiger partial charge is 0.267 e. The first-order valence-electron chi connectivity index (χ1n) is 7.00. The van der Waals surface area contributed by atoms with E-state index in [2.05, 4.69) is 32.6 Å². The fourth-order valence-corrected chi connectivity index (χ4v) is 2.36. The van der Waals surface area contributed by atoms with Gasteiger partial charge in [0.25, 0.3) is 5.91 Å². The Kier molecular flexibility index (Phi) is 5.56. The summed E-state index contributed by atoms with van der Waals surface area (Å²) in [6.07, 6.45) is 1.42. The zero-order valence-electron chi connectivity index (χ0n) is 12.9. The highest BCUT2D eigenvalue weighted by Crippen LogP contribution is 2.16. The summed E-state index contributed by atoms with van der Waals surface area (Å²) in [6, 6.07) is 15.0. The highest BCUT2D eigenvalue weighted by molar-refractivity contribution is 9.10. The summed E-state index contributed by atoms with van der Waals surface area (Å²) >= 11 is 3.33. The Bertz CT molecular complexity index is 769. The molecule has 0 spiro atoms. The molecule has 0 radical (unpaired) electrons. The maximum atomic E-state index is 12.1. The third kappa shape index (κ3) is 4.97. The van der Waals surface area contributed by atoms with Crippen LogP contribution >= 0.6 is 15.9 Å². The van der Waals surface area contributed by atoms with Crippen LogP contribution in [0.5, 0.6) is 0 Å². The standard InChI is InChI=1S/C18H16BrN3O/c1-12-7-13(2)9-17(8-12)21-11-14(10-20)18(23)22-16-5-3-15(19)4-6-16/h3-9,11,21H,1-2H3,(H,22,23)/b14-11-. The van der Waals surface area contributed by atoms with Crippen LogP contribution in [0.25, 0.3) is 0 Å². The van der Waals surface area contributed by atoms with Crippen molar-refractivity contribution in [3.8, 4) is 6.07 Å². The molecular weight excluding hydrogens is 354 g/mol. The van der Waals surface area contributed by atoms with Crippen LogP contribution in [0.3, 0.4) is 0 Å². The average molecular weight is 370 g/mol. The second kappa shape index (κ2) is 7.61. The summed E-state index contributed by atoms with van der Waals surface area (Å²) in [7, 11) is 0. The first-order valence-corrected chi connectivity index (χ1v) is 7.79. The van der Waals surface area contributed by atoms with E-state index in [0.717, 1.165) is 21.3 Å². The molecular formula is C18H16BrN3O. The quantitative estimate of drug-likeness (QED) is 0.614. The highest BCUT2D eigenvalue weighted by Gasteiger charge is 2.09. The Morgan fingerprint density at radius 1 is 1.09 bits per heavy atom. The van der Waals surface area contributed by atoms with Gasteiger partial charge in [-0.2, -0.15) is 5.26 Å². The minimum atomic E-state index is -0.452. The van der Waals surface area contributed by atoms with E-state index in [4.69, 9.17) is 0 Å². The maximum absolute atomic E-state index is 12.1. The van der Waals surface area contributed by atoms with E-state index in [-0.39, 0.29) is 5.57 Å². The van der Waals surface area contributed by atoms with Crippen LogP contribution in [0.1, 0.15) is 11.1 Å². The van der Waals surface area contributed by atoms with Crippen LogP contribution in [0.4, 0.5) is 11.4 Å². The average Bonchev–Trinajstić information content (AvgIpc) is 2.49. The van der Waals surface area contributed by atoms with Crippen molar-refractivity contribution < 1.29 is 4.79 Å². The number of halogens is 1. The summed E-state index contributed by atoms with van der Waals surface area (Å²) in [4.78, 5) is 12.1. The van der Waals surface area contributed by atoms with Gasteiger partial charge < -0.3 is 10.6 Å². The lowest BCUT2D eigenvalue weighted by Crippen LogP contribution is -2.14. The minimum absolute atomic E-state index is 0.00655. The molecule has 0 bridgehead atoms. The Hall–Kier alpha value is -2.58. The van der Waals surface area contributed by atoms with E-state index in [9.17, 15) is 10.1 Å². The molecule has 2 rings (SSSR count). The number of nitrogens with zero attached hydrogens (tertiary/aromatic N) is 1. The van der Waals surface area contributed by atoms with Gasteiger partial charge >= 0.3 is 0 Å². The van der Waals surface area contributed by atoms with Gasteiger partial charge in [-0.15, -0.1) is 0 Å². The molecule has 0 saturated carbocycles. The van der Waals surface area contributed by atoms with Gasteiger partial charge in [0.05, 0.1) is 0 Å². The van der Waals surface area contributed by atoms with E-state index >= 15 is 0 Å². The lowest BCUT2D eigenvalue weighted by molar-refractivity contribution is -0.112. The third-order valence-electron chi connectivity index (χ3n) is 3.07. The van der Waals surface area contributed by atoms with Crippen molar-refractivity contribution in [1.29, 1.82) is 5.26 Å². The highest BCUT2D eigenvalue weighted by atomic mass is 79.9. The SMILES string of the molecule is Cc1cc(C)cc(N/C=C(/C#N)C(=O)Nc2ccc(Br)cc2)c1. The number of carbonyl (C=O) groups excluding carboxylic acids is 1. The molecule has 116 valence electrons. The fourth-order valence-electron chi connectivity index (χ4n) is 2.09. The predicted octanol–water partition coefficient (Wildman–Crippen LogP) is 4.52. The zero-order valence-corrected chi connectivity index (χ0v) is 14.4. The summed E-state index contributed by atoms with van der Waals surface area (Å²) in [5.41, 5.74) is 3.70. The lowest BCUT2D eigenvalue weighted by atomic mass is 10.1. The van der Waals surface area contributed by atoms with E-state index in [1.807, 2.05) is 44.2 Å². The van der Waals surface area contributed by atoms with Crippen LogP contribution in [0.2, 0.25) is 0 Å². The molecule has 0 aliphatic rings. The molecule has 5 heteroatoms. The van der Waals surface area contributed by atoms with E-state index < -0.39 is 5.91 Å². The molecule has 1 amide bonds. The summed E-state index contributed by atoms with van der Waals surface area (Å²) < 4.78 is 0.919. The van der Waals surface area contributed by atoms with Gasteiger partial charge in [-0.25, -0.2) is 0 Å². The number of anilines is 2. The topological polar surface area (TPSA) is 64.9 Å². The van der Waals surface area contributed by atoms with Crippen LogP contribution in [-0.2, 0) is 4.79 Å². The number of rotatable bonds is 4. The van der Waals surface area contributed by atoms with Gasteiger partial charge in [-0.1, -0.05) is 22.0 Å². The number of aryl methyl sites for hydroxylation is 2. The molecule has 4 nitrogen and oxygen atoms in total. The number of nitrogens with one attached hydrogen (secondary N) is 2. The number of benzene rings is 2. The van der Waals surface area contributed by atoms with Crippen molar-refractivity contribution in [3.63, 3.8) is 0 Å². The van der Waals surface area contributed by atoms with Crippen LogP contribution < -0.4 is 10.6 Å². The molecule has 0 fully saturated rings. The maximum Gasteiger partial charge on any atom is 0.267 e. The summed E-state index contributed by atoms with van der Waals surface area (Å²) in [5.74, 6) is -0.452. The molecule has 0 saturated heterocycles. The fraction of sp³-hybridized carbons (Fsp3) is 0.111. The predicted molar refractivity (Wildman–Crippen MR) is 96.0 cm³/mol. The molecule has 2 aromatic rings. The molecule has 0 unspecified atom stereocenters. The van der Waals surface area contributed by atoms with E-state index in [1.165, 1.54) is 6.20 Å².